The van der Waals surface area contributed by atoms with E-state index >= 15 is 0 Å². The predicted molar refractivity (Wildman–Crippen MR) is 114 cm³/mol. The van der Waals surface area contributed by atoms with Crippen LogP contribution in [0.15, 0.2) is 54.6 Å². The highest BCUT2D eigenvalue weighted by Gasteiger charge is 2.51. The van der Waals surface area contributed by atoms with E-state index in [-0.39, 0.29) is 11.9 Å². The summed E-state index contributed by atoms with van der Waals surface area (Å²) in [7, 11) is 0. The zero-order valence-corrected chi connectivity index (χ0v) is 16.9. The van der Waals surface area contributed by atoms with Crippen molar-refractivity contribution in [3.8, 4) is 11.4 Å². The minimum absolute atomic E-state index is 0.118. The summed E-state index contributed by atoms with van der Waals surface area (Å²) >= 11 is 0. The first-order valence-electron chi connectivity index (χ1n) is 10.7. The van der Waals surface area contributed by atoms with E-state index < -0.39 is 5.41 Å². The molecule has 1 saturated carbocycles. The van der Waals surface area contributed by atoms with Crippen LogP contribution < -0.4 is 5.32 Å². The molecule has 30 heavy (non-hydrogen) atoms. The number of rotatable bonds is 7. The van der Waals surface area contributed by atoms with Crippen molar-refractivity contribution >= 4 is 5.91 Å². The predicted octanol–water partition coefficient (Wildman–Crippen LogP) is 2.85. The van der Waals surface area contributed by atoms with Gasteiger partial charge in [0.2, 0.25) is 11.7 Å². The van der Waals surface area contributed by atoms with Crippen molar-refractivity contribution < 1.29 is 4.79 Å². The topological polar surface area (TPSA) is 86.8 Å². The number of likely N-dealkylation sites (tertiary alicyclic amines) is 1. The van der Waals surface area contributed by atoms with Crippen LogP contribution in [0.5, 0.6) is 0 Å². The van der Waals surface area contributed by atoms with Gasteiger partial charge in [-0.25, -0.2) is 0 Å². The fourth-order valence-electron chi connectivity index (χ4n) is 4.56. The molecule has 0 radical (unpaired) electrons. The molecule has 3 aromatic rings. The molecular formula is C23H26N6O. The second-order valence-electron chi connectivity index (χ2n) is 8.28. The number of aromatic amines is 1. The number of nitrogens with zero attached hydrogens (tertiary/aromatic N) is 4. The van der Waals surface area contributed by atoms with Crippen molar-refractivity contribution in [2.24, 2.45) is 0 Å². The molecule has 2 N–H and O–H groups in total. The Morgan fingerprint density at radius 1 is 1.10 bits per heavy atom. The van der Waals surface area contributed by atoms with Gasteiger partial charge in [0.05, 0.1) is 11.5 Å². The highest BCUT2D eigenvalue weighted by molar-refractivity contribution is 5.91. The Kier molecular flexibility index (Phi) is 5.04. The van der Waals surface area contributed by atoms with Crippen molar-refractivity contribution in [1.29, 1.82) is 0 Å². The van der Waals surface area contributed by atoms with E-state index in [1.54, 1.807) is 0 Å². The Morgan fingerprint density at radius 3 is 2.60 bits per heavy atom. The summed E-state index contributed by atoms with van der Waals surface area (Å²) in [5.41, 5.74) is 2.73. The summed E-state index contributed by atoms with van der Waals surface area (Å²) in [5, 5.41) is 17.5. The molecule has 0 spiro atoms. The van der Waals surface area contributed by atoms with Gasteiger partial charge < -0.3 is 5.32 Å². The molecular weight excluding hydrogens is 376 g/mol. The van der Waals surface area contributed by atoms with E-state index in [9.17, 15) is 4.79 Å². The van der Waals surface area contributed by atoms with Gasteiger partial charge in [-0.2, -0.15) is 5.21 Å². The number of nitrogens with one attached hydrogen (secondary N) is 2. The molecule has 2 heterocycles. The monoisotopic (exact) mass is 402 g/mol. The van der Waals surface area contributed by atoms with Crippen molar-refractivity contribution in [1.82, 2.24) is 30.8 Å². The minimum atomic E-state index is -0.438. The third-order valence-electron chi connectivity index (χ3n) is 6.43. The van der Waals surface area contributed by atoms with Crippen molar-refractivity contribution in [2.75, 3.05) is 19.6 Å². The molecule has 1 unspecified atom stereocenters. The number of tetrazole rings is 1. The third-order valence-corrected chi connectivity index (χ3v) is 6.43. The lowest BCUT2D eigenvalue weighted by molar-refractivity contribution is -0.123. The average molecular weight is 403 g/mol. The number of hydrogen-bond acceptors (Lipinski definition) is 5. The first-order valence-corrected chi connectivity index (χ1v) is 10.7. The molecule has 7 nitrogen and oxygen atoms in total. The van der Waals surface area contributed by atoms with Gasteiger partial charge in [0.15, 0.2) is 0 Å². The van der Waals surface area contributed by atoms with Crippen LogP contribution >= 0.6 is 0 Å². The van der Waals surface area contributed by atoms with Crippen LogP contribution in [0.3, 0.4) is 0 Å². The lowest BCUT2D eigenvalue weighted by Gasteiger charge is -2.29. The lowest BCUT2D eigenvalue weighted by Crippen LogP contribution is -2.41. The Labute approximate surface area is 175 Å². The molecule has 0 bridgehead atoms. The fourth-order valence-corrected chi connectivity index (χ4v) is 4.56. The first-order chi connectivity index (χ1) is 14.8. The Morgan fingerprint density at radius 2 is 1.90 bits per heavy atom. The standard InChI is InChI=1S/C23H26N6O/c30-22(24-16-20(29-13-4-5-14-29)17-7-2-1-3-8-17)23(11-12-23)19-10-6-9-18(15-19)21-25-27-28-26-21/h1-3,6-10,15,20H,4-5,11-14,16H2,(H,24,30)(H,25,26,27,28). The van der Waals surface area contributed by atoms with Crippen molar-refractivity contribution in [3.63, 3.8) is 0 Å². The second-order valence-corrected chi connectivity index (χ2v) is 8.28. The highest BCUT2D eigenvalue weighted by atomic mass is 16.2. The van der Waals surface area contributed by atoms with Crippen molar-refractivity contribution in [2.45, 2.75) is 37.1 Å². The number of aromatic nitrogens is 4. The van der Waals surface area contributed by atoms with E-state index in [0.29, 0.717) is 12.4 Å². The summed E-state index contributed by atoms with van der Waals surface area (Å²) in [6.07, 6.45) is 4.19. The summed E-state index contributed by atoms with van der Waals surface area (Å²) in [6, 6.07) is 18.7. The summed E-state index contributed by atoms with van der Waals surface area (Å²) < 4.78 is 0. The smallest absolute Gasteiger partial charge is 0.230 e. The number of hydrogen-bond donors (Lipinski definition) is 2. The van der Waals surface area contributed by atoms with Gasteiger partial charge in [0.1, 0.15) is 0 Å². The number of carbonyl (C=O) groups excluding carboxylic acids is 1. The Hall–Kier alpha value is -3.06. The number of H-pyrrole nitrogens is 1. The van der Waals surface area contributed by atoms with Crippen LogP contribution in [0.25, 0.3) is 11.4 Å². The van der Waals surface area contributed by atoms with Gasteiger partial charge in [0.25, 0.3) is 0 Å². The van der Waals surface area contributed by atoms with Gasteiger partial charge in [-0.1, -0.05) is 48.5 Å². The second kappa shape index (κ2) is 7.99. The largest absolute Gasteiger partial charge is 0.353 e. The summed E-state index contributed by atoms with van der Waals surface area (Å²) in [4.78, 5) is 15.8. The Bertz CT molecular complexity index is 994. The molecule has 1 atom stereocenters. The van der Waals surface area contributed by atoms with Crippen LogP contribution in [0, 0.1) is 0 Å². The fraction of sp³-hybridized carbons (Fsp3) is 0.391. The molecule has 7 heteroatoms. The molecule has 2 fully saturated rings. The van der Waals surface area contributed by atoms with Crippen molar-refractivity contribution in [3.05, 3.63) is 65.7 Å². The van der Waals surface area contributed by atoms with Crippen LogP contribution in [0.2, 0.25) is 0 Å². The van der Waals surface area contributed by atoms with Gasteiger partial charge in [-0.3, -0.25) is 9.69 Å². The average Bonchev–Trinajstić information content (AvgIpc) is 3.18. The van der Waals surface area contributed by atoms with Crippen LogP contribution in [0.1, 0.15) is 42.9 Å². The van der Waals surface area contributed by atoms with Gasteiger partial charge in [-0.05, 0) is 61.2 Å². The Balaban J connectivity index is 1.33. The first kappa shape index (κ1) is 18.9. The highest BCUT2D eigenvalue weighted by Crippen LogP contribution is 2.49. The summed E-state index contributed by atoms with van der Waals surface area (Å²) in [5.74, 6) is 0.666. The molecule has 1 amide bonds. The molecule has 2 aliphatic rings. The molecule has 5 rings (SSSR count). The van der Waals surface area contributed by atoms with Crippen LogP contribution in [-0.4, -0.2) is 51.1 Å². The molecule has 2 aromatic carbocycles. The SMILES string of the molecule is O=C(NCC(c1ccccc1)N1CCCC1)C1(c2cccc(-c3nn[nH]n3)c2)CC1. The summed E-state index contributed by atoms with van der Waals surface area (Å²) in [6.45, 7) is 2.82. The van der Waals surface area contributed by atoms with Crippen LogP contribution in [-0.2, 0) is 10.2 Å². The zero-order chi connectivity index (χ0) is 20.4. The van der Waals surface area contributed by atoms with Gasteiger partial charge in [-0.15, -0.1) is 10.2 Å². The zero-order valence-electron chi connectivity index (χ0n) is 16.9. The molecule has 154 valence electrons. The number of carbonyl (C=O) groups is 1. The third kappa shape index (κ3) is 3.61. The van der Waals surface area contributed by atoms with E-state index in [1.165, 1.54) is 18.4 Å². The normalized spacial score (nSPS) is 18.8. The quantitative estimate of drug-likeness (QED) is 0.635. The van der Waals surface area contributed by atoms with E-state index in [4.69, 9.17) is 0 Å². The van der Waals surface area contributed by atoms with E-state index in [2.05, 4.69) is 55.1 Å². The number of benzene rings is 2. The molecule has 1 saturated heterocycles. The van der Waals surface area contributed by atoms with Crippen LogP contribution in [0.4, 0.5) is 0 Å². The lowest BCUT2D eigenvalue weighted by atomic mass is 9.93. The maximum Gasteiger partial charge on any atom is 0.230 e. The maximum absolute atomic E-state index is 13.3. The maximum atomic E-state index is 13.3. The van der Waals surface area contributed by atoms with E-state index in [0.717, 1.165) is 37.1 Å². The molecule has 1 aromatic heterocycles. The van der Waals surface area contributed by atoms with Gasteiger partial charge >= 0.3 is 0 Å². The number of amides is 1. The van der Waals surface area contributed by atoms with Gasteiger partial charge in [0, 0.05) is 12.1 Å². The van der Waals surface area contributed by atoms with E-state index in [1.807, 2.05) is 30.3 Å². The molecule has 1 aliphatic heterocycles. The molecule has 1 aliphatic carbocycles. The minimum Gasteiger partial charge on any atom is -0.353 e.